The van der Waals surface area contributed by atoms with E-state index in [1.54, 1.807) is 24.3 Å². The molecule has 0 saturated carbocycles. The number of rotatable bonds is 14. The summed E-state index contributed by atoms with van der Waals surface area (Å²) in [5, 5.41) is 21.0. The maximum atomic E-state index is 10.7. The summed E-state index contributed by atoms with van der Waals surface area (Å²) in [6.07, 6.45) is 8.91. The van der Waals surface area contributed by atoms with Crippen LogP contribution in [0, 0.1) is 0 Å². The van der Waals surface area contributed by atoms with Gasteiger partial charge in [0.1, 0.15) is 25.8 Å². The van der Waals surface area contributed by atoms with Gasteiger partial charge in [-0.15, -0.1) is 20.5 Å². The molecule has 2 heterocycles. The summed E-state index contributed by atoms with van der Waals surface area (Å²) >= 11 is 2.86. The molecule has 0 radical (unpaired) electrons. The van der Waals surface area contributed by atoms with Gasteiger partial charge >= 0.3 is 29.6 Å². The summed E-state index contributed by atoms with van der Waals surface area (Å²) in [5.74, 6) is -0.670. The maximum Gasteiger partial charge on any atom is 1.00 e. The Labute approximate surface area is 258 Å². The predicted molar refractivity (Wildman–Crippen MR) is 154 cm³/mol. The summed E-state index contributed by atoms with van der Waals surface area (Å²) in [5.41, 5.74) is 3.24. The van der Waals surface area contributed by atoms with Crippen molar-refractivity contribution in [2.24, 2.45) is 20.5 Å². The van der Waals surface area contributed by atoms with Crippen molar-refractivity contribution in [3.8, 4) is 0 Å². The zero-order valence-corrected chi connectivity index (χ0v) is 26.5. The second-order valence-corrected chi connectivity index (χ2v) is 12.2. The molecular weight excluding hydrogens is 564 g/mol. The van der Waals surface area contributed by atoms with E-state index in [2.05, 4.69) is 49.8 Å². The van der Waals surface area contributed by atoms with E-state index < -0.39 is 16.0 Å². The molecule has 4 aromatic rings. The van der Waals surface area contributed by atoms with Gasteiger partial charge in [-0.3, -0.25) is 0 Å². The Morgan fingerprint density at radius 2 is 1.49 bits per heavy atom. The molecule has 1 N–H and O–H groups in total. The number of fused-ring (bicyclic) bond motifs is 1. The minimum atomic E-state index is -4.34. The van der Waals surface area contributed by atoms with Crippen LogP contribution in [-0.4, -0.2) is 23.8 Å². The van der Waals surface area contributed by atoms with E-state index in [1.165, 1.54) is 66.8 Å². The van der Waals surface area contributed by atoms with Gasteiger partial charge in [0.2, 0.25) is 5.13 Å². The number of thiazole rings is 1. The van der Waals surface area contributed by atoms with Crippen LogP contribution in [0.1, 0.15) is 51.0 Å². The second kappa shape index (κ2) is 15.7. The van der Waals surface area contributed by atoms with Crippen LogP contribution < -0.4 is 34.9 Å². The Hall–Kier alpha value is -2.06. The fourth-order valence-electron chi connectivity index (χ4n) is 3.67. The van der Waals surface area contributed by atoms with Gasteiger partial charge in [0.25, 0.3) is 0 Å². The Morgan fingerprint density at radius 1 is 0.846 bits per heavy atom. The molecule has 0 bridgehead atoms. The van der Waals surface area contributed by atoms with E-state index >= 15 is 0 Å². The number of aromatic nitrogens is 1. The first-order chi connectivity index (χ1) is 18.4. The van der Waals surface area contributed by atoms with Crippen molar-refractivity contribution in [2.45, 2.75) is 51.9 Å². The average molecular weight is 593 g/mol. The van der Waals surface area contributed by atoms with Crippen molar-refractivity contribution in [3.63, 3.8) is 0 Å². The van der Waals surface area contributed by atoms with E-state index in [-0.39, 0.29) is 29.6 Å². The smallest absolute Gasteiger partial charge is 0.747 e. The summed E-state index contributed by atoms with van der Waals surface area (Å²) in [4.78, 5) is 5.33. The van der Waals surface area contributed by atoms with Crippen molar-refractivity contribution in [3.05, 3.63) is 60.2 Å². The molecule has 0 spiro atoms. The van der Waals surface area contributed by atoms with E-state index in [0.29, 0.717) is 16.5 Å². The van der Waals surface area contributed by atoms with Gasteiger partial charge < -0.3 is 9.87 Å². The van der Waals surface area contributed by atoms with Crippen molar-refractivity contribution in [1.82, 2.24) is 4.98 Å². The molecule has 0 amide bonds. The fraction of sp³-hybridized carbons (Fsp3) is 0.346. The van der Waals surface area contributed by atoms with Crippen LogP contribution in [0.5, 0.6) is 0 Å². The molecule has 9 nitrogen and oxygen atoms in total. The van der Waals surface area contributed by atoms with Gasteiger partial charge in [-0.05, 0) is 60.9 Å². The zero-order valence-electron chi connectivity index (χ0n) is 22.0. The molecule has 0 saturated heterocycles. The minimum absolute atomic E-state index is 0. The number of hydrogen-bond donors (Lipinski definition) is 1. The van der Waals surface area contributed by atoms with Crippen LogP contribution in [0.15, 0.2) is 75.1 Å². The summed E-state index contributed by atoms with van der Waals surface area (Å²) in [6.45, 7) is 2.24. The third-order valence-electron chi connectivity index (χ3n) is 5.66. The molecule has 4 rings (SSSR count). The monoisotopic (exact) mass is 592 g/mol. The quantitative estimate of drug-likeness (QED) is 0.0829. The molecule has 0 atom stereocenters. The SMILES string of the molecule is CCCCCCCCc1ccc(N=Nc2cc3sc(N=Nc4ccc(NCS(=O)(=O)[O-])cc4)nc3s2)cc1.[Na+]. The Bertz CT molecular complexity index is 1450. The van der Waals surface area contributed by atoms with Gasteiger partial charge in [-0.1, -0.05) is 73.8 Å². The number of thiophene rings is 1. The average Bonchev–Trinajstić information content (AvgIpc) is 3.46. The van der Waals surface area contributed by atoms with Gasteiger partial charge in [0.15, 0.2) is 0 Å². The number of anilines is 1. The molecule has 2 aromatic heterocycles. The van der Waals surface area contributed by atoms with E-state index in [4.69, 9.17) is 0 Å². The molecule has 200 valence electrons. The molecule has 39 heavy (non-hydrogen) atoms. The van der Waals surface area contributed by atoms with Crippen molar-refractivity contribution >= 4 is 69.5 Å². The molecule has 0 aliphatic carbocycles. The topological polar surface area (TPSA) is 132 Å². The summed E-state index contributed by atoms with van der Waals surface area (Å²) < 4.78 is 33.1. The standard InChI is InChI=1S/C26H30N6O3S3.Na/c1-2-3-4-5-6-7-8-19-9-11-21(12-10-19)29-31-24-17-23-25(37-24)28-26(36-23)32-30-22-15-13-20(14-16-22)27-18-38(33,34)35;/h9-17,27H,2-8,18H2,1H3,(H,33,34,35);/q;+1/p-1. The van der Waals surface area contributed by atoms with Crippen LogP contribution in [0.25, 0.3) is 9.53 Å². The number of unbranched alkanes of at least 4 members (excludes halogenated alkanes) is 5. The normalized spacial score (nSPS) is 11.9. The molecular formula is C26H29N6NaO3S3. The third kappa shape index (κ3) is 10.8. The van der Waals surface area contributed by atoms with Crippen LogP contribution in [-0.2, 0) is 16.5 Å². The van der Waals surface area contributed by atoms with E-state index in [9.17, 15) is 13.0 Å². The third-order valence-corrected chi connectivity index (χ3v) is 8.08. The molecule has 0 aliphatic rings. The van der Waals surface area contributed by atoms with Crippen molar-refractivity contribution < 1.29 is 42.5 Å². The maximum absolute atomic E-state index is 10.7. The van der Waals surface area contributed by atoms with Crippen molar-refractivity contribution in [1.29, 1.82) is 0 Å². The summed E-state index contributed by atoms with van der Waals surface area (Å²) in [6, 6.07) is 16.8. The van der Waals surface area contributed by atoms with Gasteiger partial charge in [-0.2, -0.15) is 0 Å². The van der Waals surface area contributed by atoms with Crippen LogP contribution in [0.2, 0.25) is 0 Å². The number of hydrogen-bond acceptors (Lipinski definition) is 11. The Kier molecular flexibility index (Phi) is 12.6. The van der Waals surface area contributed by atoms with Gasteiger partial charge in [-0.25, -0.2) is 13.4 Å². The van der Waals surface area contributed by atoms with E-state index in [0.717, 1.165) is 26.6 Å². The Morgan fingerprint density at radius 3 is 2.15 bits per heavy atom. The first kappa shape index (κ1) is 31.5. The van der Waals surface area contributed by atoms with Gasteiger partial charge in [0.05, 0.1) is 16.1 Å². The number of benzene rings is 2. The van der Waals surface area contributed by atoms with Crippen LogP contribution >= 0.6 is 22.7 Å². The van der Waals surface area contributed by atoms with Crippen molar-refractivity contribution in [2.75, 3.05) is 11.2 Å². The zero-order chi connectivity index (χ0) is 26.8. The van der Waals surface area contributed by atoms with Crippen LogP contribution in [0.3, 0.4) is 0 Å². The molecule has 2 aromatic carbocycles. The van der Waals surface area contributed by atoms with Crippen LogP contribution in [0.4, 0.5) is 27.2 Å². The number of nitrogens with zero attached hydrogens (tertiary/aromatic N) is 5. The van der Waals surface area contributed by atoms with E-state index in [1.807, 2.05) is 18.2 Å². The Balaban J connectivity index is 0.00000420. The number of azo groups is 2. The molecule has 0 fully saturated rings. The first-order valence-electron chi connectivity index (χ1n) is 12.5. The first-order valence-corrected chi connectivity index (χ1v) is 15.7. The molecule has 13 heteroatoms. The molecule has 0 unspecified atom stereocenters. The second-order valence-electron chi connectivity index (χ2n) is 8.76. The number of aryl methyl sites for hydroxylation is 1. The number of nitrogens with one attached hydrogen (secondary N) is 1. The molecule has 0 aliphatic heterocycles. The predicted octanol–water partition coefficient (Wildman–Crippen LogP) is 6.01. The minimum Gasteiger partial charge on any atom is -0.747 e. The van der Waals surface area contributed by atoms with Gasteiger partial charge in [0, 0.05) is 5.69 Å². The fourth-order valence-corrected chi connectivity index (χ4v) is 5.86. The largest absolute Gasteiger partial charge is 1.00 e. The summed E-state index contributed by atoms with van der Waals surface area (Å²) in [7, 11) is -4.34.